The van der Waals surface area contributed by atoms with Crippen molar-refractivity contribution in [3.63, 3.8) is 0 Å². The van der Waals surface area contributed by atoms with Crippen LogP contribution < -0.4 is 4.74 Å². The molecule has 0 N–H and O–H groups in total. The predicted octanol–water partition coefficient (Wildman–Crippen LogP) is 3.14. The van der Waals surface area contributed by atoms with Crippen LogP contribution in [0.1, 0.15) is 10.4 Å². The largest absolute Gasteiger partial charge is 0.494 e. The van der Waals surface area contributed by atoms with Gasteiger partial charge < -0.3 is 18.8 Å². The first kappa shape index (κ1) is 17.5. The van der Waals surface area contributed by atoms with Crippen LogP contribution in [0.3, 0.4) is 0 Å². The molecule has 0 aliphatic heterocycles. The molecule has 0 saturated heterocycles. The highest BCUT2D eigenvalue weighted by Crippen LogP contribution is 2.30. The fraction of sp³-hybridized carbons (Fsp3) is 0.500. The summed E-state index contributed by atoms with van der Waals surface area (Å²) in [4.78, 5) is 16.2. The molecule has 0 spiro atoms. The number of benzene rings is 1. The summed E-state index contributed by atoms with van der Waals surface area (Å²) in [5.41, 5.74) is 1.87. The topological polar surface area (TPSA) is 62.6 Å². The molecule has 0 radical (unpaired) electrons. The molecule has 0 saturated carbocycles. The molecule has 23 heavy (non-hydrogen) atoms. The second-order valence-electron chi connectivity index (χ2n) is 6.57. The number of imidazole rings is 1. The Hall–Kier alpha value is -1.86. The van der Waals surface area contributed by atoms with Gasteiger partial charge in [0.25, 0.3) is 0 Å². The Bertz CT molecular complexity index is 691. The number of nitrogens with zero attached hydrogens (tertiary/aromatic N) is 2. The van der Waals surface area contributed by atoms with Crippen LogP contribution in [0.4, 0.5) is 0 Å². The maximum absolute atomic E-state index is 11.9. The monoisotopic (exact) mass is 336 g/mol. The first-order valence-corrected chi connectivity index (χ1v) is 11.3. The number of ether oxygens (including phenoxy) is 3. The van der Waals surface area contributed by atoms with Crippen molar-refractivity contribution in [1.82, 2.24) is 9.55 Å². The minimum Gasteiger partial charge on any atom is -0.494 e. The summed E-state index contributed by atoms with van der Waals surface area (Å²) in [6, 6.07) is 4.54. The average molecular weight is 336 g/mol. The van der Waals surface area contributed by atoms with Crippen molar-refractivity contribution in [2.45, 2.75) is 32.4 Å². The maximum atomic E-state index is 11.9. The molecule has 0 unspecified atom stereocenters. The van der Waals surface area contributed by atoms with Crippen LogP contribution in [0.15, 0.2) is 18.5 Å². The summed E-state index contributed by atoms with van der Waals surface area (Å²) in [5.74, 6) is 0.0248. The van der Waals surface area contributed by atoms with E-state index in [-0.39, 0.29) is 0 Å². The third kappa shape index (κ3) is 4.11. The van der Waals surface area contributed by atoms with E-state index < -0.39 is 14.0 Å². The molecule has 2 rings (SSSR count). The number of esters is 1. The summed E-state index contributed by atoms with van der Waals surface area (Å²) in [5, 5.41) is 0. The second-order valence-corrected chi connectivity index (χ2v) is 12.2. The zero-order valence-electron chi connectivity index (χ0n) is 14.4. The number of fused-ring (bicyclic) bond motifs is 1. The first-order chi connectivity index (χ1) is 10.9. The Morgan fingerprint density at radius 2 is 2.00 bits per heavy atom. The van der Waals surface area contributed by atoms with E-state index in [2.05, 4.69) is 24.6 Å². The molecule has 126 valence electrons. The molecular weight excluding hydrogens is 312 g/mol. The van der Waals surface area contributed by atoms with Crippen molar-refractivity contribution >= 4 is 25.1 Å². The van der Waals surface area contributed by atoms with E-state index >= 15 is 0 Å². The van der Waals surface area contributed by atoms with Crippen LogP contribution >= 0.6 is 0 Å². The zero-order valence-corrected chi connectivity index (χ0v) is 15.4. The Balaban J connectivity index is 2.25. The maximum Gasteiger partial charge on any atom is 0.341 e. The van der Waals surface area contributed by atoms with Gasteiger partial charge in [-0.3, -0.25) is 0 Å². The average Bonchev–Trinajstić information content (AvgIpc) is 2.92. The smallest absolute Gasteiger partial charge is 0.341 e. The normalized spacial score (nSPS) is 11.7. The third-order valence-corrected chi connectivity index (χ3v) is 5.27. The highest BCUT2D eigenvalue weighted by molar-refractivity contribution is 6.76. The minimum absolute atomic E-state index is 0.377. The summed E-state index contributed by atoms with van der Waals surface area (Å²) in [6.45, 7) is 8.04. The van der Waals surface area contributed by atoms with Crippen LogP contribution in [0, 0.1) is 0 Å². The fourth-order valence-electron chi connectivity index (χ4n) is 2.25. The quantitative estimate of drug-likeness (QED) is 0.441. The van der Waals surface area contributed by atoms with Crippen LogP contribution in [-0.2, 0) is 16.2 Å². The summed E-state index contributed by atoms with van der Waals surface area (Å²) < 4.78 is 17.9. The van der Waals surface area contributed by atoms with E-state index in [0.29, 0.717) is 24.7 Å². The van der Waals surface area contributed by atoms with Gasteiger partial charge >= 0.3 is 5.97 Å². The fourth-order valence-corrected chi connectivity index (χ4v) is 3.01. The second kappa shape index (κ2) is 7.14. The number of hydrogen-bond donors (Lipinski definition) is 0. The molecule has 1 aromatic heterocycles. The van der Waals surface area contributed by atoms with E-state index in [0.717, 1.165) is 17.1 Å². The van der Waals surface area contributed by atoms with Gasteiger partial charge in [-0.05, 0) is 18.2 Å². The van der Waals surface area contributed by atoms with Crippen LogP contribution in [0.2, 0.25) is 25.7 Å². The molecule has 1 heterocycles. The van der Waals surface area contributed by atoms with Gasteiger partial charge in [-0.1, -0.05) is 19.6 Å². The molecule has 0 amide bonds. The van der Waals surface area contributed by atoms with E-state index in [1.54, 1.807) is 18.5 Å². The number of aromatic nitrogens is 2. The van der Waals surface area contributed by atoms with Gasteiger partial charge in [0, 0.05) is 14.7 Å². The molecule has 1 aromatic carbocycles. The molecule has 0 bridgehead atoms. The molecule has 6 nitrogen and oxygen atoms in total. The Morgan fingerprint density at radius 3 is 2.61 bits per heavy atom. The van der Waals surface area contributed by atoms with Crippen LogP contribution in [0.5, 0.6) is 5.75 Å². The lowest BCUT2D eigenvalue weighted by Crippen LogP contribution is -2.22. The number of methoxy groups -OCH3 is 2. The molecule has 7 heteroatoms. The molecule has 0 aliphatic rings. The highest BCUT2D eigenvalue weighted by atomic mass is 28.3. The summed E-state index contributed by atoms with van der Waals surface area (Å²) >= 11 is 0. The van der Waals surface area contributed by atoms with Crippen molar-refractivity contribution in [3.8, 4) is 5.75 Å². The SMILES string of the molecule is COC(=O)c1ccc2ncn(COCC[Si](C)(C)C)c2c1OC. The van der Waals surface area contributed by atoms with Crippen molar-refractivity contribution in [1.29, 1.82) is 0 Å². The lowest BCUT2D eigenvalue weighted by atomic mass is 10.1. The van der Waals surface area contributed by atoms with Crippen molar-refractivity contribution in [3.05, 3.63) is 24.0 Å². The van der Waals surface area contributed by atoms with E-state index in [1.807, 2.05) is 4.57 Å². The Kier molecular flexibility index (Phi) is 5.43. The summed E-state index contributed by atoms with van der Waals surface area (Å²) in [6.07, 6.45) is 1.70. The van der Waals surface area contributed by atoms with Crippen LogP contribution in [-0.4, -0.2) is 44.4 Å². The van der Waals surface area contributed by atoms with Gasteiger partial charge in [0.05, 0.1) is 26.1 Å². The van der Waals surface area contributed by atoms with Crippen LogP contribution in [0.25, 0.3) is 11.0 Å². The van der Waals surface area contributed by atoms with Gasteiger partial charge in [0.15, 0.2) is 5.75 Å². The van der Waals surface area contributed by atoms with Gasteiger partial charge in [0.1, 0.15) is 17.8 Å². The minimum atomic E-state index is -1.12. The van der Waals surface area contributed by atoms with Crippen molar-refractivity contribution in [2.75, 3.05) is 20.8 Å². The van der Waals surface area contributed by atoms with Gasteiger partial charge in [0.2, 0.25) is 0 Å². The van der Waals surface area contributed by atoms with Gasteiger partial charge in [-0.2, -0.15) is 0 Å². The first-order valence-electron chi connectivity index (χ1n) is 7.55. The van der Waals surface area contributed by atoms with E-state index in [9.17, 15) is 4.79 Å². The predicted molar refractivity (Wildman–Crippen MR) is 91.7 cm³/mol. The third-order valence-electron chi connectivity index (χ3n) is 3.57. The van der Waals surface area contributed by atoms with Gasteiger partial charge in [-0.15, -0.1) is 0 Å². The lowest BCUT2D eigenvalue weighted by Gasteiger charge is -2.16. The standard InChI is InChI=1S/C16H24N2O4Si/c1-20-15-12(16(19)21-2)6-7-13-14(15)18(10-17-13)11-22-8-9-23(3,4)5/h6-7,10H,8-9,11H2,1-5H3. The molecule has 0 aliphatic carbocycles. The lowest BCUT2D eigenvalue weighted by molar-refractivity contribution is 0.0597. The molecule has 0 atom stereocenters. The molecular formula is C16H24N2O4Si. The number of rotatable bonds is 7. The number of carbonyl (C=O) groups is 1. The Labute approximate surface area is 137 Å². The number of hydrogen-bond acceptors (Lipinski definition) is 5. The number of carbonyl (C=O) groups excluding carboxylic acids is 1. The summed E-state index contributed by atoms with van der Waals surface area (Å²) in [7, 11) is 1.77. The molecule has 2 aromatic rings. The van der Waals surface area contributed by atoms with E-state index in [4.69, 9.17) is 14.2 Å². The van der Waals surface area contributed by atoms with E-state index in [1.165, 1.54) is 14.2 Å². The zero-order chi connectivity index (χ0) is 17.0. The Morgan fingerprint density at radius 1 is 1.26 bits per heavy atom. The van der Waals surface area contributed by atoms with Crippen molar-refractivity contribution in [2.24, 2.45) is 0 Å². The molecule has 0 fully saturated rings. The highest BCUT2D eigenvalue weighted by Gasteiger charge is 2.19. The van der Waals surface area contributed by atoms with Gasteiger partial charge in [-0.25, -0.2) is 9.78 Å². The van der Waals surface area contributed by atoms with Crippen molar-refractivity contribution < 1.29 is 19.0 Å².